The van der Waals surface area contributed by atoms with Crippen LogP contribution in [0.15, 0.2) is 23.8 Å². The first-order valence-corrected chi connectivity index (χ1v) is 10.6. The van der Waals surface area contributed by atoms with E-state index in [9.17, 15) is 9.59 Å². The van der Waals surface area contributed by atoms with E-state index in [0.29, 0.717) is 0 Å². The number of hydrogen-bond acceptors (Lipinski definition) is 2. The predicted molar refractivity (Wildman–Crippen MR) is 105 cm³/mol. The van der Waals surface area contributed by atoms with Crippen molar-refractivity contribution in [3.8, 4) is 0 Å². The van der Waals surface area contributed by atoms with Crippen LogP contribution in [-0.2, 0) is 9.59 Å². The molecule has 0 spiro atoms. The van der Waals surface area contributed by atoms with Gasteiger partial charge in [-0.05, 0) is 38.5 Å². The molecule has 26 heavy (non-hydrogen) atoms. The molecule has 2 aliphatic carbocycles. The van der Waals surface area contributed by atoms with Gasteiger partial charge in [0.1, 0.15) is 0 Å². The van der Waals surface area contributed by atoms with Gasteiger partial charge in [0.05, 0.1) is 11.8 Å². The monoisotopic (exact) mass is 357 g/mol. The maximum absolute atomic E-state index is 13.0. The normalized spacial score (nSPS) is 32.8. The smallest absolute Gasteiger partial charge is 0.233 e. The standard InChI is InChI=1S/C23H35NO2/c1-5-6-7-8-9-10-11-17-14-18-12-13-23(18,15-16(2)3)20-19(17)21(25)24(4)22(20)26/h14,17,19-20H,2,5-13,15H2,1,3-4H3/t17-,19-,20+,23-/m0/s1. The minimum absolute atomic E-state index is 0.0549. The summed E-state index contributed by atoms with van der Waals surface area (Å²) in [5.41, 5.74) is 2.46. The Bertz CT molecular complexity index is 620. The van der Waals surface area contributed by atoms with Gasteiger partial charge in [-0.1, -0.05) is 62.7 Å². The molecule has 0 bridgehead atoms. The van der Waals surface area contributed by atoms with Crippen molar-refractivity contribution in [2.75, 3.05) is 7.05 Å². The summed E-state index contributed by atoms with van der Waals surface area (Å²) >= 11 is 0. The van der Waals surface area contributed by atoms with Gasteiger partial charge in [0.15, 0.2) is 0 Å². The summed E-state index contributed by atoms with van der Waals surface area (Å²) in [4.78, 5) is 27.3. The van der Waals surface area contributed by atoms with Crippen LogP contribution < -0.4 is 0 Å². The van der Waals surface area contributed by atoms with Gasteiger partial charge < -0.3 is 0 Å². The van der Waals surface area contributed by atoms with Crippen LogP contribution in [0.3, 0.4) is 0 Å². The zero-order valence-corrected chi connectivity index (χ0v) is 16.9. The van der Waals surface area contributed by atoms with Crippen LogP contribution in [0.2, 0.25) is 0 Å². The van der Waals surface area contributed by atoms with Gasteiger partial charge >= 0.3 is 0 Å². The van der Waals surface area contributed by atoms with E-state index < -0.39 is 0 Å². The Balaban J connectivity index is 1.76. The first-order valence-electron chi connectivity index (χ1n) is 10.6. The second-order valence-electron chi connectivity index (χ2n) is 8.94. The van der Waals surface area contributed by atoms with E-state index in [1.165, 1.54) is 49.0 Å². The van der Waals surface area contributed by atoms with Gasteiger partial charge in [-0.3, -0.25) is 14.5 Å². The molecule has 3 rings (SSSR count). The Hall–Kier alpha value is -1.38. The summed E-state index contributed by atoms with van der Waals surface area (Å²) in [7, 11) is 1.68. The summed E-state index contributed by atoms with van der Waals surface area (Å²) < 4.78 is 0. The predicted octanol–water partition coefficient (Wildman–Crippen LogP) is 5.27. The maximum atomic E-state index is 13.0. The highest BCUT2D eigenvalue weighted by molar-refractivity contribution is 6.06. The summed E-state index contributed by atoms with van der Waals surface area (Å²) in [5.74, 6) is 0.0852. The molecule has 1 aliphatic heterocycles. The van der Waals surface area contributed by atoms with Crippen molar-refractivity contribution in [3.63, 3.8) is 0 Å². The number of imide groups is 1. The molecular weight excluding hydrogens is 322 g/mol. The molecule has 4 atom stereocenters. The van der Waals surface area contributed by atoms with Crippen LogP contribution in [-0.4, -0.2) is 23.8 Å². The minimum Gasteiger partial charge on any atom is -0.285 e. The van der Waals surface area contributed by atoms with Crippen molar-refractivity contribution in [3.05, 3.63) is 23.8 Å². The average Bonchev–Trinajstić information content (AvgIpc) is 2.81. The Morgan fingerprint density at radius 1 is 1.19 bits per heavy atom. The van der Waals surface area contributed by atoms with Gasteiger partial charge in [-0.2, -0.15) is 0 Å². The van der Waals surface area contributed by atoms with E-state index >= 15 is 0 Å². The summed E-state index contributed by atoms with van der Waals surface area (Å²) in [6.45, 7) is 8.40. The number of allylic oxidation sites excluding steroid dienone is 3. The summed E-state index contributed by atoms with van der Waals surface area (Å²) in [6.07, 6.45) is 14.0. The number of fused-ring (bicyclic) bond motifs is 3. The second kappa shape index (κ2) is 7.70. The topological polar surface area (TPSA) is 37.4 Å². The third-order valence-electron chi connectivity index (χ3n) is 7.03. The molecule has 3 heteroatoms. The molecule has 3 aliphatic rings. The minimum atomic E-state index is -0.143. The number of carbonyl (C=O) groups is 2. The number of rotatable bonds is 9. The van der Waals surface area contributed by atoms with Crippen LogP contribution in [0, 0.1) is 23.2 Å². The quantitative estimate of drug-likeness (QED) is 0.320. The Labute approximate surface area is 158 Å². The van der Waals surface area contributed by atoms with Gasteiger partial charge in [0.2, 0.25) is 11.8 Å². The van der Waals surface area contributed by atoms with Crippen molar-refractivity contribution in [1.82, 2.24) is 4.90 Å². The number of unbranched alkanes of at least 4 members (excludes halogenated alkanes) is 5. The maximum Gasteiger partial charge on any atom is 0.233 e. The number of carbonyl (C=O) groups excluding carboxylic acids is 2. The number of hydrogen-bond donors (Lipinski definition) is 0. The van der Waals surface area contributed by atoms with E-state index in [1.54, 1.807) is 7.05 Å². The molecule has 0 aromatic heterocycles. The van der Waals surface area contributed by atoms with E-state index in [0.717, 1.165) is 31.3 Å². The molecule has 3 nitrogen and oxygen atoms in total. The first-order chi connectivity index (χ1) is 12.4. The van der Waals surface area contributed by atoms with Crippen LogP contribution in [0.1, 0.15) is 78.1 Å². The molecular formula is C23H35NO2. The van der Waals surface area contributed by atoms with Crippen molar-refractivity contribution < 1.29 is 9.59 Å². The SMILES string of the molecule is C=C(C)C[C@@]12CCC1=C[C@H](CCCCCCCC)[C@@H]1C(=O)N(C)C(=O)[C@@H]12. The fourth-order valence-electron chi connectivity index (χ4n) is 5.68. The highest BCUT2D eigenvalue weighted by Gasteiger charge is 2.63. The van der Waals surface area contributed by atoms with E-state index in [-0.39, 0.29) is 35.0 Å². The molecule has 0 unspecified atom stereocenters. The third-order valence-corrected chi connectivity index (χ3v) is 7.03. The van der Waals surface area contributed by atoms with Crippen LogP contribution >= 0.6 is 0 Å². The fourth-order valence-corrected chi connectivity index (χ4v) is 5.68. The van der Waals surface area contributed by atoms with E-state index in [4.69, 9.17) is 0 Å². The fraction of sp³-hybridized carbons (Fsp3) is 0.739. The highest BCUT2D eigenvalue weighted by atomic mass is 16.2. The molecule has 1 heterocycles. The van der Waals surface area contributed by atoms with Crippen LogP contribution in [0.5, 0.6) is 0 Å². The largest absolute Gasteiger partial charge is 0.285 e. The zero-order valence-electron chi connectivity index (χ0n) is 16.9. The molecule has 0 aromatic rings. The second-order valence-corrected chi connectivity index (χ2v) is 8.94. The molecule has 2 fully saturated rings. The van der Waals surface area contributed by atoms with E-state index in [1.807, 2.05) is 6.92 Å². The molecule has 0 aromatic carbocycles. The number of nitrogens with zero attached hydrogens (tertiary/aromatic N) is 1. The molecule has 0 N–H and O–H groups in total. The summed E-state index contributed by atoms with van der Waals surface area (Å²) in [6, 6.07) is 0. The van der Waals surface area contributed by atoms with Crippen LogP contribution in [0.4, 0.5) is 0 Å². The Morgan fingerprint density at radius 3 is 2.50 bits per heavy atom. The lowest BCUT2D eigenvalue weighted by molar-refractivity contribution is -0.139. The lowest BCUT2D eigenvalue weighted by atomic mass is 9.48. The lowest BCUT2D eigenvalue weighted by Crippen LogP contribution is -2.50. The molecule has 1 saturated heterocycles. The number of likely N-dealkylation sites (tertiary alicyclic amines) is 1. The summed E-state index contributed by atoms with van der Waals surface area (Å²) in [5, 5.41) is 0. The Morgan fingerprint density at radius 2 is 1.88 bits per heavy atom. The molecule has 1 saturated carbocycles. The van der Waals surface area contributed by atoms with Crippen molar-refractivity contribution in [2.24, 2.45) is 23.2 Å². The lowest BCUT2D eigenvalue weighted by Gasteiger charge is -2.54. The van der Waals surface area contributed by atoms with Crippen molar-refractivity contribution >= 4 is 11.8 Å². The highest BCUT2D eigenvalue weighted by Crippen LogP contribution is 2.63. The molecule has 2 amide bonds. The van der Waals surface area contributed by atoms with Gasteiger partial charge in [-0.25, -0.2) is 0 Å². The van der Waals surface area contributed by atoms with Gasteiger partial charge in [-0.15, -0.1) is 6.58 Å². The van der Waals surface area contributed by atoms with Gasteiger partial charge in [0, 0.05) is 12.5 Å². The van der Waals surface area contributed by atoms with Crippen LogP contribution in [0.25, 0.3) is 0 Å². The third kappa shape index (κ3) is 3.18. The average molecular weight is 358 g/mol. The Kier molecular flexibility index (Phi) is 5.74. The van der Waals surface area contributed by atoms with Crippen molar-refractivity contribution in [2.45, 2.75) is 78.1 Å². The molecule has 144 valence electrons. The number of amides is 2. The first kappa shape index (κ1) is 19.4. The van der Waals surface area contributed by atoms with E-state index in [2.05, 4.69) is 19.6 Å². The molecule has 0 radical (unpaired) electrons. The van der Waals surface area contributed by atoms with Crippen molar-refractivity contribution in [1.29, 1.82) is 0 Å². The van der Waals surface area contributed by atoms with Gasteiger partial charge in [0.25, 0.3) is 0 Å². The zero-order chi connectivity index (χ0) is 18.9.